The molecular weight excluding hydrogens is 490 g/mol. The van der Waals surface area contributed by atoms with Crippen molar-refractivity contribution < 1.29 is 19.1 Å². The molecule has 6 aromatic rings. The number of rotatable bonds is 8. The second-order valence-electron chi connectivity index (χ2n) is 9.53. The lowest BCUT2D eigenvalue weighted by molar-refractivity contribution is -0.134. The largest absolute Gasteiger partial charge is 0.461 e. The first-order valence-electron chi connectivity index (χ1n) is 13.2. The predicted octanol–water partition coefficient (Wildman–Crippen LogP) is 6.80. The molecular formula is C32H29N3O4. The third kappa shape index (κ3) is 4.46. The van der Waals surface area contributed by atoms with E-state index in [-0.39, 0.29) is 18.4 Å². The highest BCUT2D eigenvalue weighted by atomic mass is 16.5. The van der Waals surface area contributed by atoms with E-state index in [0.717, 1.165) is 55.1 Å². The van der Waals surface area contributed by atoms with Crippen molar-refractivity contribution in [1.29, 1.82) is 0 Å². The molecule has 0 fully saturated rings. The van der Waals surface area contributed by atoms with Crippen molar-refractivity contribution in [3.8, 4) is 5.88 Å². The van der Waals surface area contributed by atoms with Gasteiger partial charge in [0.25, 0.3) is 0 Å². The van der Waals surface area contributed by atoms with E-state index in [4.69, 9.17) is 9.47 Å². The molecule has 39 heavy (non-hydrogen) atoms. The number of esters is 2. The summed E-state index contributed by atoms with van der Waals surface area (Å²) in [6.45, 7) is 3.88. The Hall–Kier alpha value is -4.78. The van der Waals surface area contributed by atoms with E-state index in [9.17, 15) is 9.59 Å². The molecule has 0 aliphatic heterocycles. The molecule has 0 spiro atoms. The van der Waals surface area contributed by atoms with Gasteiger partial charge < -0.3 is 24.4 Å². The minimum atomic E-state index is -0.369. The van der Waals surface area contributed by atoms with Gasteiger partial charge in [-0.2, -0.15) is 0 Å². The lowest BCUT2D eigenvalue weighted by atomic mass is 9.97. The second-order valence-corrected chi connectivity index (χ2v) is 9.53. The van der Waals surface area contributed by atoms with Crippen LogP contribution < -0.4 is 4.74 Å². The molecule has 0 aliphatic rings. The number of ether oxygens (including phenoxy) is 2. The van der Waals surface area contributed by atoms with E-state index in [1.54, 1.807) is 13.8 Å². The first kappa shape index (κ1) is 24.6. The number of carbonyl (C=O) groups excluding carboxylic acids is 2. The average Bonchev–Trinajstić information content (AvgIpc) is 3.61. The van der Waals surface area contributed by atoms with Gasteiger partial charge in [-0.05, 0) is 36.2 Å². The van der Waals surface area contributed by atoms with E-state index < -0.39 is 0 Å². The fourth-order valence-electron chi connectivity index (χ4n) is 5.35. The molecule has 3 heterocycles. The molecule has 0 atom stereocenters. The predicted molar refractivity (Wildman–Crippen MR) is 152 cm³/mol. The summed E-state index contributed by atoms with van der Waals surface area (Å²) >= 11 is 0. The maximum atomic E-state index is 12.9. The zero-order valence-electron chi connectivity index (χ0n) is 21.9. The Morgan fingerprint density at radius 1 is 0.667 bits per heavy atom. The Bertz CT molecular complexity index is 1840. The molecule has 3 N–H and O–H groups in total. The molecule has 0 aliphatic carbocycles. The van der Waals surface area contributed by atoms with Crippen LogP contribution in [0.4, 0.5) is 0 Å². The Morgan fingerprint density at radius 2 is 1.23 bits per heavy atom. The Balaban J connectivity index is 1.50. The van der Waals surface area contributed by atoms with Crippen molar-refractivity contribution >= 4 is 44.6 Å². The van der Waals surface area contributed by atoms with E-state index in [1.165, 1.54) is 0 Å². The summed E-state index contributed by atoms with van der Waals surface area (Å²) in [5.74, 6) is -0.190. The number of hydrogen-bond acceptors (Lipinski definition) is 4. The third-order valence-corrected chi connectivity index (χ3v) is 7.18. The van der Waals surface area contributed by atoms with Crippen LogP contribution in [0.25, 0.3) is 32.7 Å². The van der Waals surface area contributed by atoms with Crippen molar-refractivity contribution in [2.24, 2.45) is 0 Å². The van der Waals surface area contributed by atoms with Crippen molar-refractivity contribution in [2.45, 2.75) is 33.1 Å². The molecule has 6 rings (SSSR count). The van der Waals surface area contributed by atoms with Crippen LogP contribution in [0, 0.1) is 0 Å². The first-order valence-corrected chi connectivity index (χ1v) is 13.2. The highest BCUT2D eigenvalue weighted by Gasteiger charge is 2.23. The summed E-state index contributed by atoms with van der Waals surface area (Å²) in [5.41, 5.74) is 7.15. The second kappa shape index (κ2) is 10.2. The van der Waals surface area contributed by atoms with Gasteiger partial charge in [0, 0.05) is 63.2 Å². The Morgan fingerprint density at radius 3 is 1.87 bits per heavy atom. The number of benzene rings is 3. The van der Waals surface area contributed by atoms with Crippen LogP contribution in [0.1, 0.15) is 53.1 Å². The maximum Gasteiger partial charge on any atom is 0.355 e. The lowest BCUT2D eigenvalue weighted by Crippen LogP contribution is -2.09. The first-order chi connectivity index (χ1) is 19.1. The molecule has 0 radical (unpaired) electrons. The van der Waals surface area contributed by atoms with E-state index in [0.29, 0.717) is 31.0 Å². The molecule has 7 nitrogen and oxygen atoms in total. The monoisotopic (exact) mass is 519 g/mol. The highest BCUT2D eigenvalue weighted by molar-refractivity contribution is 5.99. The van der Waals surface area contributed by atoms with Crippen LogP contribution in [0.2, 0.25) is 0 Å². The summed E-state index contributed by atoms with van der Waals surface area (Å²) < 4.78 is 11.1. The van der Waals surface area contributed by atoms with Crippen LogP contribution in [0.3, 0.4) is 0 Å². The maximum absolute atomic E-state index is 12.9. The molecule has 3 aromatic carbocycles. The van der Waals surface area contributed by atoms with Gasteiger partial charge in [0.1, 0.15) is 5.69 Å². The van der Waals surface area contributed by atoms with Gasteiger partial charge in [0.05, 0.1) is 6.61 Å². The molecule has 0 unspecified atom stereocenters. The summed E-state index contributed by atoms with van der Waals surface area (Å²) in [6, 6.07) is 24.0. The standard InChI is InChI=1S/C32H29N3O4/c1-3-29(36)39-31-24(21-13-7-10-16-27(21)35-31)17-22-19-11-5-8-14-25(19)33-28(22)18-23-20-12-6-9-15-26(20)34-30(23)32(37)38-4-2/h5-16,33-35H,3-4,17-18H2,1-2H3. The van der Waals surface area contributed by atoms with E-state index in [1.807, 2.05) is 60.7 Å². The van der Waals surface area contributed by atoms with Crippen LogP contribution in [-0.4, -0.2) is 33.5 Å². The lowest BCUT2D eigenvalue weighted by Gasteiger charge is -2.09. The van der Waals surface area contributed by atoms with Gasteiger partial charge >= 0.3 is 11.9 Å². The average molecular weight is 520 g/mol. The topological polar surface area (TPSA) is 100.0 Å². The number of aromatic nitrogens is 3. The van der Waals surface area contributed by atoms with Crippen molar-refractivity contribution in [3.05, 3.63) is 101 Å². The number of carbonyl (C=O) groups is 2. The normalized spacial score (nSPS) is 11.4. The fraction of sp³-hybridized carbons (Fsp3) is 0.188. The molecule has 7 heteroatoms. The number of aromatic amines is 3. The fourth-order valence-corrected chi connectivity index (χ4v) is 5.35. The van der Waals surface area contributed by atoms with Gasteiger partial charge in [0.2, 0.25) is 5.88 Å². The Kier molecular flexibility index (Phi) is 6.40. The van der Waals surface area contributed by atoms with Crippen LogP contribution in [0.5, 0.6) is 5.88 Å². The van der Waals surface area contributed by atoms with Crippen LogP contribution in [0.15, 0.2) is 72.8 Å². The minimum Gasteiger partial charge on any atom is -0.461 e. The molecule has 0 bridgehead atoms. The van der Waals surface area contributed by atoms with Crippen LogP contribution >= 0.6 is 0 Å². The Labute approximate surface area is 225 Å². The summed E-state index contributed by atoms with van der Waals surface area (Å²) in [4.78, 5) is 35.4. The number of fused-ring (bicyclic) bond motifs is 3. The number of hydrogen-bond donors (Lipinski definition) is 3. The number of nitrogens with one attached hydrogen (secondary N) is 3. The molecule has 3 aromatic heterocycles. The summed E-state index contributed by atoms with van der Waals surface area (Å²) in [7, 11) is 0. The van der Waals surface area contributed by atoms with Crippen molar-refractivity contribution in [2.75, 3.05) is 6.61 Å². The SMILES string of the molecule is CCOC(=O)c1[nH]c2ccccc2c1Cc1[nH]c2ccccc2c1Cc1c(OC(=O)CC)[nH]c2ccccc12. The van der Waals surface area contributed by atoms with E-state index >= 15 is 0 Å². The smallest absolute Gasteiger partial charge is 0.355 e. The molecule has 196 valence electrons. The third-order valence-electron chi connectivity index (χ3n) is 7.18. The molecule has 0 amide bonds. The quantitative estimate of drug-likeness (QED) is 0.192. The number of H-pyrrole nitrogens is 3. The van der Waals surface area contributed by atoms with Gasteiger partial charge in [-0.1, -0.05) is 61.5 Å². The van der Waals surface area contributed by atoms with Crippen LogP contribution in [-0.2, 0) is 22.4 Å². The van der Waals surface area contributed by atoms with Gasteiger partial charge in [-0.15, -0.1) is 0 Å². The minimum absolute atomic E-state index is 0.282. The van der Waals surface area contributed by atoms with Crippen molar-refractivity contribution in [1.82, 2.24) is 15.0 Å². The van der Waals surface area contributed by atoms with Gasteiger partial charge in [-0.3, -0.25) is 4.79 Å². The zero-order valence-corrected chi connectivity index (χ0v) is 21.9. The van der Waals surface area contributed by atoms with Gasteiger partial charge in [-0.25, -0.2) is 4.79 Å². The highest BCUT2D eigenvalue weighted by Crippen LogP contribution is 2.35. The summed E-state index contributed by atoms with van der Waals surface area (Å²) in [5, 5.41) is 3.07. The van der Waals surface area contributed by atoms with E-state index in [2.05, 4.69) is 27.1 Å². The zero-order chi connectivity index (χ0) is 26.9. The molecule has 0 saturated heterocycles. The molecule has 0 saturated carbocycles. The van der Waals surface area contributed by atoms with Crippen molar-refractivity contribution in [3.63, 3.8) is 0 Å². The summed E-state index contributed by atoms with van der Waals surface area (Å²) in [6.07, 6.45) is 1.31. The number of para-hydroxylation sites is 3. The van der Waals surface area contributed by atoms with Gasteiger partial charge in [0.15, 0.2) is 0 Å².